The number of nitrogens with one attached hydrogen (secondary N) is 1. The Kier molecular flexibility index (Phi) is 6.93. The average Bonchev–Trinajstić information content (AvgIpc) is 3.49. The monoisotopic (exact) mass is 445 g/mol. The summed E-state index contributed by atoms with van der Waals surface area (Å²) in [5.41, 5.74) is 0.248. The molecule has 10 heteroatoms. The van der Waals surface area contributed by atoms with E-state index in [1.165, 1.54) is 56.9 Å². The summed E-state index contributed by atoms with van der Waals surface area (Å²) in [6.07, 6.45) is 0. The van der Waals surface area contributed by atoms with Gasteiger partial charge in [-0.15, -0.1) is 11.3 Å². The van der Waals surface area contributed by atoms with Crippen LogP contribution in [0.25, 0.3) is 0 Å². The third-order valence-electron chi connectivity index (χ3n) is 4.13. The summed E-state index contributed by atoms with van der Waals surface area (Å²) in [5, 5.41) is 4.46. The molecule has 0 radical (unpaired) electrons. The minimum atomic E-state index is -0.738. The maximum absolute atomic E-state index is 12.8. The second kappa shape index (κ2) is 9.81. The maximum atomic E-state index is 12.8. The summed E-state index contributed by atoms with van der Waals surface area (Å²) in [6.45, 7) is -0.234. The largest absolute Gasteiger partial charge is 0.493 e. The Bertz CT molecular complexity index is 1090. The van der Waals surface area contributed by atoms with Crippen LogP contribution in [0.1, 0.15) is 36.3 Å². The van der Waals surface area contributed by atoms with Crippen molar-refractivity contribution in [3.05, 3.63) is 63.7 Å². The molecule has 0 unspecified atom stereocenters. The molecule has 3 rings (SSSR count). The van der Waals surface area contributed by atoms with Crippen LogP contribution in [-0.4, -0.2) is 39.2 Å². The van der Waals surface area contributed by atoms with Gasteiger partial charge in [-0.3, -0.25) is 4.79 Å². The fourth-order valence-corrected chi connectivity index (χ4v) is 3.24. The van der Waals surface area contributed by atoms with Crippen LogP contribution in [0.3, 0.4) is 0 Å². The molecule has 0 saturated heterocycles. The molecule has 1 amide bonds. The second-order valence-corrected chi connectivity index (χ2v) is 6.97. The second-order valence-electron chi connectivity index (χ2n) is 6.02. The van der Waals surface area contributed by atoms with Gasteiger partial charge in [-0.2, -0.15) is 0 Å². The number of anilines is 1. The van der Waals surface area contributed by atoms with E-state index in [0.717, 1.165) is 0 Å². The summed E-state index contributed by atoms with van der Waals surface area (Å²) in [6, 6.07) is 9.20. The van der Waals surface area contributed by atoms with E-state index >= 15 is 0 Å². The smallest absolute Gasteiger partial charge is 0.373 e. The highest BCUT2D eigenvalue weighted by molar-refractivity contribution is 7.12. The molecule has 0 aliphatic heterocycles. The lowest BCUT2D eigenvalue weighted by atomic mass is 10.1. The van der Waals surface area contributed by atoms with Gasteiger partial charge in [0, 0.05) is 12.1 Å². The van der Waals surface area contributed by atoms with Crippen LogP contribution < -0.4 is 14.8 Å². The van der Waals surface area contributed by atoms with Gasteiger partial charge in [0.15, 0.2) is 11.5 Å². The number of ether oxygens (including phenoxy) is 4. The summed E-state index contributed by atoms with van der Waals surface area (Å²) in [5.74, 6) is -0.912. The Morgan fingerprint density at radius 2 is 1.74 bits per heavy atom. The summed E-state index contributed by atoms with van der Waals surface area (Å²) < 4.78 is 25.7. The molecule has 2 heterocycles. The third kappa shape index (κ3) is 5.04. The van der Waals surface area contributed by atoms with Crippen molar-refractivity contribution in [3.63, 3.8) is 0 Å². The van der Waals surface area contributed by atoms with Gasteiger partial charge < -0.3 is 28.7 Å². The highest BCUT2D eigenvalue weighted by Crippen LogP contribution is 2.34. The summed E-state index contributed by atoms with van der Waals surface area (Å²) in [4.78, 5) is 37.2. The zero-order valence-electron chi connectivity index (χ0n) is 16.9. The van der Waals surface area contributed by atoms with Crippen molar-refractivity contribution in [2.75, 3.05) is 26.6 Å². The van der Waals surface area contributed by atoms with E-state index in [9.17, 15) is 14.4 Å². The standard InChI is InChI=1S/C21H19NO8S/c1-26-16-9-13(20(24)29-11-12-6-7-15(30-12)21(25)28-3)14(10-17(16)27-2)22-19(23)18-5-4-8-31-18/h4-10H,11H2,1-3H3,(H,22,23). The number of methoxy groups -OCH3 is 3. The molecule has 0 atom stereocenters. The van der Waals surface area contributed by atoms with Gasteiger partial charge in [0.05, 0.1) is 37.5 Å². The first kappa shape index (κ1) is 21.9. The number of thiophene rings is 1. The van der Waals surface area contributed by atoms with Gasteiger partial charge in [0.25, 0.3) is 5.91 Å². The van der Waals surface area contributed by atoms with Crippen molar-refractivity contribution in [3.8, 4) is 11.5 Å². The molecule has 0 saturated carbocycles. The molecule has 9 nitrogen and oxygen atoms in total. The van der Waals surface area contributed by atoms with Crippen LogP contribution in [-0.2, 0) is 16.1 Å². The number of carbonyl (C=O) groups is 3. The Morgan fingerprint density at radius 1 is 1.00 bits per heavy atom. The van der Waals surface area contributed by atoms with E-state index in [-0.39, 0.29) is 41.0 Å². The van der Waals surface area contributed by atoms with Crippen molar-refractivity contribution in [1.29, 1.82) is 0 Å². The summed E-state index contributed by atoms with van der Waals surface area (Å²) in [7, 11) is 4.10. The lowest BCUT2D eigenvalue weighted by molar-refractivity contribution is 0.0439. The zero-order chi connectivity index (χ0) is 22.4. The highest BCUT2D eigenvalue weighted by atomic mass is 32.1. The third-order valence-corrected chi connectivity index (χ3v) is 5.00. The average molecular weight is 445 g/mol. The molecular weight excluding hydrogens is 426 g/mol. The van der Waals surface area contributed by atoms with E-state index in [2.05, 4.69) is 10.1 Å². The van der Waals surface area contributed by atoms with E-state index < -0.39 is 11.9 Å². The van der Waals surface area contributed by atoms with E-state index in [4.69, 9.17) is 18.6 Å². The number of hydrogen-bond donors (Lipinski definition) is 1. The van der Waals surface area contributed by atoms with Crippen molar-refractivity contribution in [2.24, 2.45) is 0 Å². The number of amides is 1. The molecule has 3 aromatic rings. The highest BCUT2D eigenvalue weighted by Gasteiger charge is 2.21. The number of esters is 2. The van der Waals surface area contributed by atoms with Crippen LogP contribution in [0.5, 0.6) is 11.5 Å². The molecule has 0 aliphatic carbocycles. The minimum Gasteiger partial charge on any atom is -0.493 e. The van der Waals surface area contributed by atoms with E-state index in [0.29, 0.717) is 10.6 Å². The lowest BCUT2D eigenvalue weighted by Crippen LogP contribution is -2.15. The molecular formula is C21H19NO8S. The molecule has 0 bridgehead atoms. The predicted octanol–water partition coefficient (Wildman–Crippen LogP) is 3.75. The Labute approximate surface area is 181 Å². The molecule has 1 aromatic carbocycles. The maximum Gasteiger partial charge on any atom is 0.373 e. The van der Waals surface area contributed by atoms with Gasteiger partial charge in [-0.1, -0.05) is 6.07 Å². The number of carbonyl (C=O) groups excluding carboxylic acids is 3. The number of rotatable bonds is 8. The van der Waals surface area contributed by atoms with Crippen LogP contribution >= 0.6 is 11.3 Å². The topological polar surface area (TPSA) is 113 Å². The van der Waals surface area contributed by atoms with Crippen LogP contribution in [0.4, 0.5) is 5.69 Å². The van der Waals surface area contributed by atoms with Crippen molar-refractivity contribution in [2.45, 2.75) is 6.61 Å². The first-order chi connectivity index (χ1) is 15.0. The van der Waals surface area contributed by atoms with Crippen LogP contribution in [0.2, 0.25) is 0 Å². The first-order valence-electron chi connectivity index (χ1n) is 8.91. The van der Waals surface area contributed by atoms with Crippen molar-refractivity contribution in [1.82, 2.24) is 0 Å². The van der Waals surface area contributed by atoms with Crippen molar-refractivity contribution < 1.29 is 37.7 Å². The van der Waals surface area contributed by atoms with Gasteiger partial charge in [-0.25, -0.2) is 9.59 Å². The van der Waals surface area contributed by atoms with Crippen molar-refractivity contribution >= 4 is 34.9 Å². The lowest BCUT2D eigenvalue weighted by Gasteiger charge is -2.15. The zero-order valence-corrected chi connectivity index (χ0v) is 17.7. The molecule has 0 fully saturated rings. The molecule has 0 spiro atoms. The number of furan rings is 1. The van der Waals surface area contributed by atoms with Crippen LogP contribution in [0.15, 0.2) is 46.2 Å². The summed E-state index contributed by atoms with van der Waals surface area (Å²) >= 11 is 1.26. The molecule has 0 aliphatic rings. The fraction of sp³-hybridized carbons (Fsp3) is 0.190. The normalized spacial score (nSPS) is 10.3. The van der Waals surface area contributed by atoms with Gasteiger partial charge >= 0.3 is 11.9 Å². The fourth-order valence-electron chi connectivity index (χ4n) is 2.62. The molecule has 2 aromatic heterocycles. The molecule has 162 valence electrons. The number of benzene rings is 1. The Balaban J connectivity index is 1.83. The Morgan fingerprint density at radius 3 is 2.39 bits per heavy atom. The van der Waals surface area contributed by atoms with E-state index in [1.807, 2.05) is 0 Å². The molecule has 1 N–H and O–H groups in total. The molecule has 31 heavy (non-hydrogen) atoms. The minimum absolute atomic E-state index is 0.0106. The van der Waals surface area contributed by atoms with Gasteiger partial charge in [0.2, 0.25) is 5.76 Å². The first-order valence-corrected chi connectivity index (χ1v) is 9.79. The Hall–Kier alpha value is -3.79. The van der Waals surface area contributed by atoms with Gasteiger partial charge in [0.1, 0.15) is 12.4 Å². The number of hydrogen-bond acceptors (Lipinski definition) is 9. The SMILES string of the molecule is COC(=O)c1ccc(COC(=O)c2cc(OC)c(OC)cc2NC(=O)c2cccs2)o1. The van der Waals surface area contributed by atoms with Gasteiger partial charge in [-0.05, 0) is 23.6 Å². The predicted molar refractivity (Wildman–Crippen MR) is 111 cm³/mol. The quantitative estimate of drug-likeness (QED) is 0.522. The van der Waals surface area contributed by atoms with E-state index in [1.54, 1.807) is 17.5 Å². The van der Waals surface area contributed by atoms with Crippen LogP contribution in [0, 0.1) is 0 Å².